The summed E-state index contributed by atoms with van der Waals surface area (Å²) in [4.78, 5) is 30.9. The van der Waals surface area contributed by atoms with Gasteiger partial charge in [0, 0.05) is 29.8 Å². The molecule has 2 heterocycles. The molecule has 0 bridgehead atoms. The third-order valence-electron chi connectivity index (χ3n) is 5.08. The highest BCUT2D eigenvalue weighted by Crippen LogP contribution is 2.36. The molecule has 33 heavy (non-hydrogen) atoms. The van der Waals surface area contributed by atoms with Gasteiger partial charge in [0.1, 0.15) is 11.5 Å². The zero-order chi connectivity index (χ0) is 23.5. The molecule has 8 heteroatoms. The number of carbonyl (C=O) groups is 1. The van der Waals surface area contributed by atoms with Crippen molar-refractivity contribution >= 4 is 40.3 Å². The first-order valence-electron chi connectivity index (χ1n) is 10.5. The van der Waals surface area contributed by atoms with E-state index in [2.05, 4.69) is 18.8 Å². The van der Waals surface area contributed by atoms with Gasteiger partial charge in [-0.15, -0.1) is 0 Å². The van der Waals surface area contributed by atoms with Crippen LogP contribution in [0.25, 0.3) is 17.4 Å². The van der Waals surface area contributed by atoms with Crippen LogP contribution in [0, 0.1) is 23.0 Å². The number of nitro benzene ring substituents is 1. The van der Waals surface area contributed by atoms with Crippen LogP contribution in [0.4, 0.5) is 11.4 Å². The van der Waals surface area contributed by atoms with Gasteiger partial charge in [-0.05, 0) is 48.9 Å². The van der Waals surface area contributed by atoms with Crippen molar-refractivity contribution in [3.63, 3.8) is 0 Å². The van der Waals surface area contributed by atoms with Gasteiger partial charge in [0.2, 0.25) is 0 Å². The van der Waals surface area contributed by atoms with Crippen LogP contribution < -0.4 is 0 Å². The highest BCUT2D eigenvalue weighted by atomic mass is 32.2. The Balaban J connectivity index is 1.65. The Morgan fingerprint density at radius 2 is 1.88 bits per heavy atom. The van der Waals surface area contributed by atoms with Crippen LogP contribution in [0.3, 0.4) is 0 Å². The van der Waals surface area contributed by atoms with Crippen molar-refractivity contribution in [2.45, 2.75) is 20.8 Å². The number of benzene rings is 2. The van der Waals surface area contributed by atoms with Crippen LogP contribution in [-0.2, 0) is 4.79 Å². The summed E-state index contributed by atoms with van der Waals surface area (Å²) in [5, 5.41) is 11.9. The van der Waals surface area contributed by atoms with Gasteiger partial charge in [0.05, 0.1) is 15.5 Å². The van der Waals surface area contributed by atoms with E-state index in [1.165, 1.54) is 17.8 Å². The molecule has 0 atom stereocenters. The second kappa shape index (κ2) is 9.46. The fraction of sp³-hybridized carbons (Fsp3) is 0.200. The lowest BCUT2D eigenvalue weighted by atomic mass is 10.1. The lowest BCUT2D eigenvalue weighted by molar-refractivity contribution is -0.385. The summed E-state index contributed by atoms with van der Waals surface area (Å²) >= 11 is 1.31. The average Bonchev–Trinajstić information content (AvgIpc) is 3.35. The third kappa shape index (κ3) is 4.90. The van der Waals surface area contributed by atoms with Gasteiger partial charge in [0.15, 0.2) is 5.17 Å². The smallest absolute Gasteiger partial charge is 0.273 e. The van der Waals surface area contributed by atoms with Gasteiger partial charge < -0.3 is 4.42 Å². The maximum Gasteiger partial charge on any atom is 0.273 e. The number of para-hydroxylation sites is 1. The zero-order valence-electron chi connectivity index (χ0n) is 18.5. The van der Waals surface area contributed by atoms with Crippen LogP contribution in [0.1, 0.15) is 25.2 Å². The van der Waals surface area contributed by atoms with Crippen molar-refractivity contribution < 1.29 is 14.1 Å². The van der Waals surface area contributed by atoms with Crippen LogP contribution >= 0.6 is 11.8 Å². The first kappa shape index (κ1) is 22.5. The Hall–Kier alpha value is -3.65. The molecule has 0 aliphatic carbocycles. The number of amides is 1. The molecule has 3 aromatic rings. The number of thioether (sulfide) groups is 1. The van der Waals surface area contributed by atoms with E-state index in [-0.39, 0.29) is 17.5 Å². The van der Waals surface area contributed by atoms with Gasteiger partial charge in [0.25, 0.3) is 11.6 Å². The summed E-state index contributed by atoms with van der Waals surface area (Å²) in [7, 11) is 0. The Morgan fingerprint density at radius 1 is 1.12 bits per heavy atom. The van der Waals surface area contributed by atoms with E-state index in [1.54, 1.807) is 42.2 Å². The molecule has 2 aromatic carbocycles. The van der Waals surface area contributed by atoms with E-state index in [1.807, 2.05) is 30.3 Å². The minimum atomic E-state index is -0.407. The average molecular weight is 462 g/mol. The number of aliphatic imine (C=N–C) groups is 1. The standard InChI is InChI=1S/C25H23N3O4S/c1-16(2)15-27-24(29)23(33-25(27)26-18-8-5-4-6-9-18)14-19-12-13-22(32-19)20-10-7-11-21(17(20)3)28(30)31/h4-14,16H,15H2,1-3H3/b23-14+,26-25?. The van der Waals surface area contributed by atoms with Crippen LogP contribution in [-0.4, -0.2) is 27.4 Å². The lowest BCUT2D eigenvalue weighted by Crippen LogP contribution is -2.32. The maximum atomic E-state index is 13.1. The van der Waals surface area contributed by atoms with Crippen LogP contribution in [0.2, 0.25) is 0 Å². The number of carbonyl (C=O) groups excluding carboxylic acids is 1. The summed E-state index contributed by atoms with van der Waals surface area (Å²) in [5.41, 5.74) is 2.00. The molecule has 168 valence electrons. The predicted octanol–water partition coefficient (Wildman–Crippen LogP) is 6.42. The first-order chi connectivity index (χ1) is 15.8. The summed E-state index contributed by atoms with van der Waals surface area (Å²) in [6, 6.07) is 17.9. The Morgan fingerprint density at radius 3 is 2.58 bits per heavy atom. The zero-order valence-corrected chi connectivity index (χ0v) is 19.3. The summed E-state index contributed by atoms with van der Waals surface area (Å²) in [6.07, 6.45) is 1.70. The van der Waals surface area contributed by atoms with Gasteiger partial charge in [-0.2, -0.15) is 0 Å². The number of nitrogens with zero attached hydrogens (tertiary/aromatic N) is 3. The third-order valence-corrected chi connectivity index (χ3v) is 6.09. The molecule has 0 unspecified atom stereocenters. The molecule has 0 spiro atoms. The molecule has 1 aliphatic rings. The van der Waals surface area contributed by atoms with Crippen molar-refractivity contribution in [3.05, 3.63) is 87.0 Å². The lowest BCUT2D eigenvalue weighted by Gasteiger charge is -2.17. The minimum absolute atomic E-state index is 0.0384. The van der Waals surface area contributed by atoms with Gasteiger partial charge >= 0.3 is 0 Å². The number of hydrogen-bond acceptors (Lipinski definition) is 6. The van der Waals surface area contributed by atoms with E-state index < -0.39 is 4.92 Å². The van der Waals surface area contributed by atoms with E-state index in [9.17, 15) is 14.9 Å². The number of nitro groups is 1. The Labute approximate surface area is 196 Å². The molecular formula is C25H23N3O4S. The van der Waals surface area contributed by atoms with Gasteiger partial charge in [-0.25, -0.2) is 4.99 Å². The molecule has 4 rings (SSSR count). The molecule has 1 saturated heterocycles. The molecule has 1 aromatic heterocycles. The highest BCUT2D eigenvalue weighted by Gasteiger charge is 2.34. The Bertz CT molecular complexity index is 1260. The molecule has 0 N–H and O–H groups in total. The summed E-state index contributed by atoms with van der Waals surface area (Å²) in [5.74, 6) is 1.17. The number of amidine groups is 1. The fourth-order valence-corrected chi connectivity index (χ4v) is 4.51. The van der Waals surface area contributed by atoms with Crippen LogP contribution in [0.5, 0.6) is 0 Å². The fourth-order valence-electron chi connectivity index (χ4n) is 3.52. The second-order valence-electron chi connectivity index (χ2n) is 8.06. The van der Waals surface area contributed by atoms with E-state index in [4.69, 9.17) is 4.42 Å². The SMILES string of the molecule is Cc1c(-c2ccc(/C=C3/SC(=Nc4ccccc4)N(CC(C)C)C3=O)o2)cccc1[N+](=O)[O-]. The molecule has 7 nitrogen and oxygen atoms in total. The normalized spacial score (nSPS) is 16.4. The van der Waals surface area contributed by atoms with Crippen molar-refractivity contribution in [3.8, 4) is 11.3 Å². The molecule has 1 fully saturated rings. The van der Waals surface area contributed by atoms with Gasteiger partial charge in [-0.1, -0.05) is 44.2 Å². The van der Waals surface area contributed by atoms with Crippen LogP contribution in [0.15, 0.2) is 75.0 Å². The van der Waals surface area contributed by atoms with E-state index >= 15 is 0 Å². The minimum Gasteiger partial charge on any atom is -0.457 e. The molecule has 1 aliphatic heterocycles. The maximum absolute atomic E-state index is 13.1. The quantitative estimate of drug-likeness (QED) is 0.240. The summed E-state index contributed by atoms with van der Waals surface area (Å²) < 4.78 is 5.94. The van der Waals surface area contributed by atoms with E-state index in [0.29, 0.717) is 39.3 Å². The molecule has 0 radical (unpaired) electrons. The monoisotopic (exact) mass is 461 g/mol. The predicted molar refractivity (Wildman–Crippen MR) is 131 cm³/mol. The summed E-state index contributed by atoms with van der Waals surface area (Å²) in [6.45, 7) is 6.37. The molecule has 0 saturated carbocycles. The first-order valence-corrected chi connectivity index (χ1v) is 11.3. The topological polar surface area (TPSA) is 89.0 Å². The Kier molecular flexibility index (Phi) is 6.46. The van der Waals surface area contributed by atoms with Crippen molar-refractivity contribution in [2.75, 3.05) is 6.54 Å². The second-order valence-corrected chi connectivity index (χ2v) is 9.07. The number of furan rings is 1. The van der Waals surface area contributed by atoms with Crippen molar-refractivity contribution in [1.29, 1.82) is 0 Å². The molecular weight excluding hydrogens is 438 g/mol. The number of hydrogen-bond donors (Lipinski definition) is 0. The van der Waals surface area contributed by atoms with Crippen molar-refractivity contribution in [1.82, 2.24) is 4.90 Å². The number of rotatable bonds is 6. The van der Waals surface area contributed by atoms with Crippen molar-refractivity contribution in [2.24, 2.45) is 10.9 Å². The van der Waals surface area contributed by atoms with E-state index in [0.717, 1.165) is 5.69 Å². The largest absolute Gasteiger partial charge is 0.457 e. The van der Waals surface area contributed by atoms with Gasteiger partial charge in [-0.3, -0.25) is 19.8 Å². The molecule has 1 amide bonds. The highest BCUT2D eigenvalue weighted by molar-refractivity contribution is 8.18.